The van der Waals surface area contributed by atoms with Crippen molar-refractivity contribution in [2.45, 2.75) is 243 Å². The standard InChI is InChI=1S/2C28H44O3S.Zn/c2*1-3-5-7-9-11-13-15-17-24-19-20-25-21-22-26(18-16-14-12-10-8-6-4-2)28(27(25)23-24)32(29,30)31;/h2*19-23H,3-18H2,1-2H3,(H,29,30,31);/q;;+2/p-2. The van der Waals surface area contributed by atoms with Crippen LogP contribution in [-0.2, 0) is 65.4 Å². The van der Waals surface area contributed by atoms with Crippen molar-refractivity contribution < 1.29 is 45.4 Å². The zero-order valence-corrected chi connectivity index (χ0v) is 46.0. The van der Waals surface area contributed by atoms with Crippen LogP contribution in [0.15, 0.2) is 70.5 Å². The molecule has 0 saturated carbocycles. The van der Waals surface area contributed by atoms with Gasteiger partial charge in [0.25, 0.3) is 0 Å². The Kier molecular flexibility index (Phi) is 31.0. The van der Waals surface area contributed by atoms with E-state index in [2.05, 4.69) is 39.8 Å². The summed E-state index contributed by atoms with van der Waals surface area (Å²) >= 11 is 0. The number of unbranched alkanes of at least 4 members (excludes halogenated alkanes) is 24. The second-order valence-electron chi connectivity index (χ2n) is 18.6. The molecule has 0 unspecified atom stereocenters. The molecule has 4 aromatic rings. The van der Waals surface area contributed by atoms with Crippen LogP contribution < -0.4 is 0 Å². The van der Waals surface area contributed by atoms with E-state index in [1.165, 1.54) is 141 Å². The van der Waals surface area contributed by atoms with Gasteiger partial charge in [0.2, 0.25) is 0 Å². The van der Waals surface area contributed by atoms with E-state index in [9.17, 15) is 25.9 Å². The van der Waals surface area contributed by atoms with E-state index in [0.29, 0.717) is 34.7 Å². The fraction of sp³-hybridized carbons (Fsp3) is 0.643. The number of fused-ring (bicyclic) bond motifs is 2. The molecule has 0 aliphatic carbocycles. The largest absolute Gasteiger partial charge is 2.00 e. The molecule has 0 N–H and O–H groups in total. The molecule has 0 radical (unpaired) electrons. The van der Waals surface area contributed by atoms with Gasteiger partial charge in [-0.15, -0.1) is 0 Å². The van der Waals surface area contributed by atoms with Crippen molar-refractivity contribution in [2.75, 3.05) is 0 Å². The first kappa shape index (κ1) is 59.0. The van der Waals surface area contributed by atoms with Crippen LogP contribution in [0, 0.1) is 0 Å². The summed E-state index contributed by atoms with van der Waals surface area (Å²) in [4.78, 5) is 0.0322. The van der Waals surface area contributed by atoms with Crippen LogP contribution in [0.4, 0.5) is 0 Å². The normalized spacial score (nSPS) is 11.8. The molecule has 4 rings (SSSR count). The van der Waals surface area contributed by atoms with E-state index in [1.54, 1.807) is 0 Å². The van der Waals surface area contributed by atoms with E-state index in [-0.39, 0.29) is 29.3 Å². The van der Waals surface area contributed by atoms with Crippen LogP contribution in [0.3, 0.4) is 0 Å². The van der Waals surface area contributed by atoms with Gasteiger partial charge in [-0.25, -0.2) is 16.8 Å². The number of hydrogen-bond acceptors (Lipinski definition) is 6. The van der Waals surface area contributed by atoms with E-state index in [4.69, 9.17) is 0 Å². The minimum atomic E-state index is -4.52. The Morgan fingerprint density at radius 2 is 0.585 bits per heavy atom. The van der Waals surface area contributed by atoms with Crippen molar-refractivity contribution in [3.8, 4) is 0 Å². The molecule has 0 aliphatic rings. The van der Waals surface area contributed by atoms with Crippen LogP contribution in [-0.4, -0.2) is 25.9 Å². The van der Waals surface area contributed by atoms with Gasteiger partial charge in [0, 0.05) is 0 Å². The minimum Gasteiger partial charge on any atom is -0.744 e. The number of rotatable bonds is 34. The molecular weight excluding hydrogens is 898 g/mol. The average molecular weight is 985 g/mol. The topological polar surface area (TPSA) is 114 Å². The molecule has 6 nitrogen and oxygen atoms in total. The smallest absolute Gasteiger partial charge is 0.744 e. The predicted octanol–water partition coefficient (Wildman–Crippen LogP) is 16.7. The average Bonchev–Trinajstić information content (AvgIpc) is 3.26. The summed E-state index contributed by atoms with van der Waals surface area (Å²) in [7, 11) is -9.04. The Balaban J connectivity index is 0.000000440. The molecule has 0 fully saturated rings. The van der Waals surface area contributed by atoms with Gasteiger partial charge in [-0.05, 0) is 107 Å². The van der Waals surface area contributed by atoms with Gasteiger partial charge >= 0.3 is 19.5 Å². The minimum absolute atomic E-state index is 0. The van der Waals surface area contributed by atoms with Gasteiger partial charge in [0.05, 0.1) is 9.79 Å². The number of hydrogen-bond donors (Lipinski definition) is 0. The molecule has 0 saturated heterocycles. The summed E-state index contributed by atoms with van der Waals surface area (Å²) in [6.45, 7) is 8.89. The molecule has 9 heteroatoms. The van der Waals surface area contributed by atoms with Crippen molar-refractivity contribution in [2.24, 2.45) is 0 Å². The first-order valence-electron chi connectivity index (χ1n) is 25.9. The number of benzene rings is 4. The van der Waals surface area contributed by atoms with Crippen LogP contribution in [0.2, 0.25) is 0 Å². The fourth-order valence-electron chi connectivity index (χ4n) is 9.18. The molecule has 0 atom stereocenters. The summed E-state index contributed by atoms with van der Waals surface area (Å²) in [5.41, 5.74) is 3.64. The predicted molar refractivity (Wildman–Crippen MR) is 271 cm³/mol. The zero-order chi connectivity index (χ0) is 46.5. The Labute approximate surface area is 410 Å². The fourth-order valence-corrected chi connectivity index (χ4v) is 11.1. The third-order valence-electron chi connectivity index (χ3n) is 13.0. The quantitative estimate of drug-likeness (QED) is 0.0262. The number of aryl methyl sites for hydroxylation is 4. The van der Waals surface area contributed by atoms with Gasteiger partial charge in [-0.3, -0.25) is 0 Å². The van der Waals surface area contributed by atoms with Crippen molar-refractivity contribution >= 4 is 41.8 Å². The Hall–Kier alpha value is -2.16. The van der Waals surface area contributed by atoms with Gasteiger partial charge in [-0.2, -0.15) is 0 Å². The SMILES string of the molecule is CCCCCCCCCc1ccc2ccc(CCCCCCCCC)c(S(=O)(=O)[O-])c2c1.CCCCCCCCCc1ccc2ccc(CCCCCCCCC)c(S(=O)(=O)[O-])c2c1.[Zn+2]. The van der Waals surface area contributed by atoms with Gasteiger partial charge in [0.1, 0.15) is 20.2 Å². The van der Waals surface area contributed by atoms with E-state index >= 15 is 0 Å². The third kappa shape index (κ3) is 23.1. The molecule has 0 aromatic heterocycles. The van der Waals surface area contributed by atoms with Crippen LogP contribution in [0.1, 0.15) is 230 Å². The van der Waals surface area contributed by atoms with E-state index in [0.717, 1.165) is 73.3 Å². The summed E-state index contributed by atoms with van der Waals surface area (Å²) in [6.07, 6.45) is 37.1. The molecule has 360 valence electrons. The van der Waals surface area contributed by atoms with Crippen LogP contribution in [0.5, 0.6) is 0 Å². The zero-order valence-electron chi connectivity index (χ0n) is 41.4. The van der Waals surface area contributed by atoms with E-state index < -0.39 is 20.2 Å². The first-order valence-corrected chi connectivity index (χ1v) is 28.8. The monoisotopic (exact) mass is 983 g/mol. The maximum atomic E-state index is 12.2. The molecule has 0 heterocycles. The summed E-state index contributed by atoms with van der Waals surface area (Å²) in [5.74, 6) is 0. The Bertz CT molecular complexity index is 1950. The molecule has 65 heavy (non-hydrogen) atoms. The van der Waals surface area contributed by atoms with E-state index in [1.807, 2.05) is 48.5 Å². The summed E-state index contributed by atoms with van der Waals surface area (Å²) in [6, 6.07) is 19.6. The van der Waals surface area contributed by atoms with Gasteiger partial charge in [-0.1, -0.05) is 230 Å². The summed E-state index contributed by atoms with van der Waals surface area (Å²) < 4.78 is 73.3. The summed E-state index contributed by atoms with van der Waals surface area (Å²) in [5, 5.41) is 2.90. The van der Waals surface area contributed by atoms with Crippen LogP contribution >= 0.6 is 0 Å². The maximum absolute atomic E-state index is 12.2. The maximum Gasteiger partial charge on any atom is 2.00 e. The van der Waals surface area contributed by atoms with Crippen LogP contribution in [0.25, 0.3) is 21.5 Å². The first-order chi connectivity index (χ1) is 30.9. The van der Waals surface area contributed by atoms with Crippen molar-refractivity contribution in [3.05, 3.63) is 82.9 Å². The van der Waals surface area contributed by atoms with Gasteiger partial charge < -0.3 is 9.11 Å². The molecule has 0 bridgehead atoms. The van der Waals surface area contributed by atoms with Crippen molar-refractivity contribution in [1.82, 2.24) is 0 Å². The second kappa shape index (κ2) is 34.2. The third-order valence-corrected chi connectivity index (χ3v) is 14.9. The Morgan fingerprint density at radius 1 is 0.338 bits per heavy atom. The van der Waals surface area contributed by atoms with Crippen molar-refractivity contribution in [3.63, 3.8) is 0 Å². The Morgan fingerprint density at radius 3 is 0.862 bits per heavy atom. The van der Waals surface area contributed by atoms with Crippen molar-refractivity contribution in [1.29, 1.82) is 0 Å². The molecule has 0 amide bonds. The molecular formula is C56H86O6S2Zn. The van der Waals surface area contributed by atoms with Gasteiger partial charge in [0.15, 0.2) is 0 Å². The second-order valence-corrected chi connectivity index (χ2v) is 21.2. The molecule has 0 aliphatic heterocycles. The molecule has 4 aromatic carbocycles. The molecule has 0 spiro atoms.